The maximum absolute atomic E-state index is 6.02. The first-order chi connectivity index (χ1) is 7.74. The van der Waals surface area contributed by atoms with Gasteiger partial charge in [-0.25, -0.2) is 0 Å². The second kappa shape index (κ2) is 7.90. The molecule has 0 saturated heterocycles. The molecule has 0 bridgehead atoms. The molecule has 1 rings (SSSR count). The number of quaternary nitrogens is 2. The van der Waals surface area contributed by atoms with Gasteiger partial charge in [-0.05, 0) is 18.2 Å². The Bertz CT molecular complexity index is 323. The van der Waals surface area contributed by atoms with Gasteiger partial charge in [0.05, 0.1) is 18.2 Å². The average molecular weight is 310 g/mol. The molecule has 1 aromatic rings. The highest BCUT2D eigenvalue weighted by atomic mass is 79.9. The van der Waals surface area contributed by atoms with Crippen molar-refractivity contribution in [2.24, 2.45) is 0 Å². The standard InChI is InChI=1S/C11H16BrClN2O/c12-9-2-3-11(10(13)8-9)16-7-1-5-15-6-4-14/h2-3,8,15H,1,4-7,14H2/p+2. The zero-order valence-electron chi connectivity index (χ0n) is 9.22. The van der Waals surface area contributed by atoms with Gasteiger partial charge in [-0.3, -0.25) is 0 Å². The minimum atomic E-state index is 0.649. The smallest absolute Gasteiger partial charge is 0.137 e. The lowest BCUT2D eigenvalue weighted by Gasteiger charge is -2.07. The number of hydrogen-bond acceptors (Lipinski definition) is 1. The normalized spacial score (nSPS) is 10.4. The summed E-state index contributed by atoms with van der Waals surface area (Å²) in [5, 5.41) is 2.90. The van der Waals surface area contributed by atoms with Crippen LogP contribution in [-0.2, 0) is 0 Å². The van der Waals surface area contributed by atoms with Crippen molar-refractivity contribution < 1.29 is 15.8 Å². The molecule has 0 fully saturated rings. The first-order valence-electron chi connectivity index (χ1n) is 5.43. The Morgan fingerprint density at radius 1 is 1.38 bits per heavy atom. The van der Waals surface area contributed by atoms with Crippen LogP contribution < -0.4 is 15.8 Å². The number of benzene rings is 1. The van der Waals surface area contributed by atoms with Crippen molar-refractivity contribution in [3.8, 4) is 5.75 Å². The van der Waals surface area contributed by atoms with Crippen LogP contribution in [0.3, 0.4) is 0 Å². The van der Waals surface area contributed by atoms with Crippen molar-refractivity contribution in [3.63, 3.8) is 0 Å². The molecule has 0 saturated carbocycles. The third-order valence-electron chi connectivity index (χ3n) is 2.11. The van der Waals surface area contributed by atoms with E-state index >= 15 is 0 Å². The molecule has 0 atom stereocenters. The summed E-state index contributed by atoms with van der Waals surface area (Å²) in [5.74, 6) is 0.752. The summed E-state index contributed by atoms with van der Waals surface area (Å²) in [4.78, 5) is 0. The second-order valence-electron chi connectivity index (χ2n) is 3.50. The third kappa shape index (κ3) is 5.16. The van der Waals surface area contributed by atoms with Gasteiger partial charge in [0.25, 0.3) is 0 Å². The molecule has 0 spiro atoms. The first kappa shape index (κ1) is 13.8. The zero-order chi connectivity index (χ0) is 11.8. The SMILES string of the molecule is [NH3+]CC[NH2+]CCCOc1ccc(Br)cc1Cl. The molecule has 0 aromatic heterocycles. The molecule has 0 aliphatic rings. The van der Waals surface area contributed by atoms with Crippen LogP contribution in [0.2, 0.25) is 5.02 Å². The summed E-state index contributed by atoms with van der Waals surface area (Å²) in [5.41, 5.74) is 3.79. The number of ether oxygens (including phenoxy) is 1. The molecule has 5 heteroatoms. The Morgan fingerprint density at radius 2 is 2.19 bits per heavy atom. The van der Waals surface area contributed by atoms with E-state index < -0.39 is 0 Å². The van der Waals surface area contributed by atoms with Crippen LogP contribution in [0.25, 0.3) is 0 Å². The fourth-order valence-electron chi connectivity index (χ4n) is 1.29. The van der Waals surface area contributed by atoms with Crippen LogP contribution in [0, 0.1) is 0 Å². The molecule has 0 aliphatic heterocycles. The highest BCUT2D eigenvalue weighted by molar-refractivity contribution is 9.10. The van der Waals surface area contributed by atoms with Gasteiger partial charge in [0, 0.05) is 10.9 Å². The Kier molecular flexibility index (Phi) is 6.80. The van der Waals surface area contributed by atoms with Gasteiger partial charge >= 0.3 is 0 Å². The maximum atomic E-state index is 6.02. The van der Waals surface area contributed by atoms with Crippen molar-refractivity contribution >= 4 is 27.5 Å². The van der Waals surface area contributed by atoms with Crippen LogP contribution >= 0.6 is 27.5 Å². The van der Waals surface area contributed by atoms with Gasteiger partial charge in [-0.1, -0.05) is 27.5 Å². The van der Waals surface area contributed by atoms with E-state index in [1.165, 1.54) is 0 Å². The van der Waals surface area contributed by atoms with Crippen molar-refractivity contribution in [2.45, 2.75) is 6.42 Å². The van der Waals surface area contributed by atoms with E-state index in [1.807, 2.05) is 18.2 Å². The maximum Gasteiger partial charge on any atom is 0.137 e. The fourth-order valence-corrected chi connectivity index (χ4v) is 2.02. The monoisotopic (exact) mass is 308 g/mol. The molecule has 0 radical (unpaired) electrons. The van der Waals surface area contributed by atoms with Crippen molar-refractivity contribution in [3.05, 3.63) is 27.7 Å². The highest BCUT2D eigenvalue weighted by Gasteiger charge is 2.01. The molecule has 16 heavy (non-hydrogen) atoms. The number of rotatable bonds is 7. The van der Waals surface area contributed by atoms with Gasteiger partial charge < -0.3 is 15.8 Å². The molecule has 0 heterocycles. The summed E-state index contributed by atoms with van der Waals surface area (Å²) in [7, 11) is 0. The summed E-state index contributed by atoms with van der Waals surface area (Å²) < 4.78 is 6.55. The van der Waals surface area contributed by atoms with E-state index in [4.69, 9.17) is 16.3 Å². The lowest BCUT2D eigenvalue weighted by atomic mass is 10.3. The topological polar surface area (TPSA) is 53.5 Å². The molecule has 1 aromatic carbocycles. The number of hydrogen-bond donors (Lipinski definition) is 2. The summed E-state index contributed by atoms with van der Waals surface area (Å²) in [6.07, 6.45) is 1.02. The fraction of sp³-hybridized carbons (Fsp3) is 0.455. The third-order valence-corrected chi connectivity index (χ3v) is 2.90. The average Bonchev–Trinajstić information content (AvgIpc) is 2.26. The van der Waals surface area contributed by atoms with E-state index in [0.717, 1.165) is 36.3 Å². The van der Waals surface area contributed by atoms with Crippen LogP contribution in [-0.4, -0.2) is 26.2 Å². The first-order valence-corrected chi connectivity index (χ1v) is 6.60. The second-order valence-corrected chi connectivity index (χ2v) is 4.82. The Hall–Kier alpha value is -0.290. The number of nitrogens with two attached hydrogens (primary N) is 1. The van der Waals surface area contributed by atoms with Gasteiger partial charge in [0.2, 0.25) is 0 Å². The minimum absolute atomic E-state index is 0.649. The molecule has 0 aliphatic carbocycles. The predicted molar refractivity (Wildman–Crippen MR) is 68.7 cm³/mol. The lowest BCUT2D eigenvalue weighted by Crippen LogP contribution is -2.88. The predicted octanol–water partition coefficient (Wildman–Crippen LogP) is 0.677. The van der Waals surface area contributed by atoms with Gasteiger partial charge in [0.1, 0.15) is 18.8 Å². The van der Waals surface area contributed by atoms with Crippen LogP contribution in [0.1, 0.15) is 6.42 Å². The Morgan fingerprint density at radius 3 is 2.88 bits per heavy atom. The van der Waals surface area contributed by atoms with Gasteiger partial charge in [-0.15, -0.1) is 0 Å². The lowest BCUT2D eigenvalue weighted by molar-refractivity contribution is -0.670. The van der Waals surface area contributed by atoms with E-state index in [0.29, 0.717) is 11.6 Å². The van der Waals surface area contributed by atoms with Crippen molar-refractivity contribution in [2.75, 3.05) is 26.2 Å². The minimum Gasteiger partial charge on any atom is -0.492 e. The van der Waals surface area contributed by atoms with Crippen LogP contribution in [0.4, 0.5) is 0 Å². The van der Waals surface area contributed by atoms with E-state index in [9.17, 15) is 0 Å². The van der Waals surface area contributed by atoms with Gasteiger partial charge in [-0.2, -0.15) is 0 Å². The molecule has 3 nitrogen and oxygen atoms in total. The quantitative estimate of drug-likeness (QED) is 0.715. The molecule has 5 N–H and O–H groups in total. The molecular formula is C11H18BrClN2O+2. The van der Waals surface area contributed by atoms with Crippen molar-refractivity contribution in [1.29, 1.82) is 0 Å². The van der Waals surface area contributed by atoms with E-state index in [-0.39, 0.29) is 0 Å². The van der Waals surface area contributed by atoms with Crippen LogP contribution in [0.5, 0.6) is 5.75 Å². The molecule has 0 amide bonds. The molecule has 0 unspecified atom stereocenters. The molecular weight excluding hydrogens is 291 g/mol. The Labute approximate surface area is 109 Å². The van der Waals surface area contributed by atoms with Gasteiger partial charge in [0.15, 0.2) is 0 Å². The zero-order valence-corrected chi connectivity index (χ0v) is 11.6. The Balaban J connectivity index is 2.21. The van der Waals surface area contributed by atoms with Crippen LogP contribution in [0.15, 0.2) is 22.7 Å². The summed E-state index contributed by atoms with van der Waals surface area (Å²) in [6, 6.07) is 5.65. The van der Waals surface area contributed by atoms with Crippen molar-refractivity contribution in [1.82, 2.24) is 0 Å². The summed E-state index contributed by atoms with van der Waals surface area (Å²) >= 11 is 9.38. The highest BCUT2D eigenvalue weighted by Crippen LogP contribution is 2.27. The molecule has 90 valence electrons. The number of halogens is 2. The summed E-state index contributed by atoms with van der Waals surface area (Å²) in [6.45, 7) is 3.83. The van der Waals surface area contributed by atoms with E-state index in [2.05, 4.69) is 27.0 Å². The van der Waals surface area contributed by atoms with E-state index in [1.54, 1.807) is 0 Å². The largest absolute Gasteiger partial charge is 0.492 e.